The summed E-state index contributed by atoms with van der Waals surface area (Å²) in [5.41, 5.74) is 3.85. The van der Waals surface area contributed by atoms with E-state index in [9.17, 15) is 10.5 Å². The summed E-state index contributed by atoms with van der Waals surface area (Å²) in [6.45, 7) is 1.76. The average molecular weight is 373 g/mol. The second kappa shape index (κ2) is 7.72. The van der Waals surface area contributed by atoms with E-state index in [-0.39, 0.29) is 0 Å². The molecule has 5 heteroatoms. The third-order valence-electron chi connectivity index (χ3n) is 4.61. The largest absolute Gasteiger partial charge is 0.208 e. The molecule has 136 valence electrons. The van der Waals surface area contributed by atoms with Crippen LogP contribution in [0, 0.1) is 29.6 Å². The molecule has 0 fully saturated rings. The molecule has 0 N–H and O–H groups in total. The normalized spacial score (nSPS) is 10.2. The topological polar surface area (TPSA) is 86.2 Å². The molecule has 1 aromatic heterocycles. The van der Waals surface area contributed by atoms with Crippen LogP contribution >= 0.6 is 0 Å². The zero-order valence-electron chi connectivity index (χ0n) is 15.7. The Balaban J connectivity index is 1.97. The SMILES string of the molecule is Cc1c(C#N)cc(-c2nc(-c3ccccc3)nc(-c3ccccc3)n2)cc1C#N. The molecule has 0 aliphatic rings. The Labute approximate surface area is 168 Å². The molecule has 0 saturated heterocycles. The molecule has 0 atom stereocenters. The molecule has 29 heavy (non-hydrogen) atoms. The van der Waals surface area contributed by atoms with Gasteiger partial charge < -0.3 is 0 Å². The fraction of sp³-hybridized carbons (Fsp3) is 0.0417. The van der Waals surface area contributed by atoms with Gasteiger partial charge in [0.25, 0.3) is 0 Å². The molecule has 0 aliphatic heterocycles. The average Bonchev–Trinajstić information content (AvgIpc) is 2.80. The summed E-state index contributed by atoms with van der Waals surface area (Å²) in [4.78, 5) is 13.9. The Kier molecular flexibility index (Phi) is 4.80. The van der Waals surface area contributed by atoms with E-state index in [1.54, 1.807) is 19.1 Å². The van der Waals surface area contributed by atoms with Gasteiger partial charge in [-0.05, 0) is 24.6 Å². The third kappa shape index (κ3) is 3.58. The molecule has 0 amide bonds. The summed E-state index contributed by atoms with van der Waals surface area (Å²) in [5.74, 6) is 1.49. The summed E-state index contributed by atoms with van der Waals surface area (Å²) in [6, 6.07) is 27.0. The van der Waals surface area contributed by atoms with Crippen molar-refractivity contribution in [2.24, 2.45) is 0 Å². The Morgan fingerprint density at radius 2 is 0.966 bits per heavy atom. The summed E-state index contributed by atoms with van der Waals surface area (Å²) in [6.07, 6.45) is 0. The molecule has 0 saturated carbocycles. The van der Waals surface area contributed by atoms with E-state index in [0.29, 0.717) is 39.7 Å². The van der Waals surface area contributed by atoms with Crippen molar-refractivity contribution in [3.8, 4) is 46.3 Å². The number of rotatable bonds is 3. The minimum atomic E-state index is 0.422. The molecule has 5 nitrogen and oxygen atoms in total. The van der Waals surface area contributed by atoms with Gasteiger partial charge in [-0.3, -0.25) is 0 Å². The van der Waals surface area contributed by atoms with Crippen LogP contribution in [0.15, 0.2) is 72.8 Å². The standard InChI is InChI=1S/C24H15N5/c1-16-20(14-25)12-19(13-21(16)15-26)24-28-22(17-8-4-2-5-9-17)27-23(29-24)18-10-6-3-7-11-18/h2-13H,1H3. The number of nitriles is 2. The van der Waals surface area contributed by atoms with Crippen LogP contribution in [0.2, 0.25) is 0 Å². The summed E-state index contributed by atoms with van der Waals surface area (Å²) in [7, 11) is 0. The van der Waals surface area contributed by atoms with Crippen molar-refractivity contribution in [2.45, 2.75) is 6.92 Å². The van der Waals surface area contributed by atoms with Crippen molar-refractivity contribution >= 4 is 0 Å². The lowest BCUT2D eigenvalue weighted by Crippen LogP contribution is -2.01. The molecule has 0 bridgehead atoms. The monoisotopic (exact) mass is 373 g/mol. The van der Waals surface area contributed by atoms with Crippen molar-refractivity contribution in [3.05, 3.63) is 89.5 Å². The maximum atomic E-state index is 9.46. The zero-order chi connectivity index (χ0) is 20.2. The highest BCUT2D eigenvalue weighted by molar-refractivity contribution is 5.69. The Morgan fingerprint density at radius 3 is 1.34 bits per heavy atom. The molecular formula is C24H15N5. The minimum absolute atomic E-state index is 0.422. The van der Waals surface area contributed by atoms with Gasteiger partial charge >= 0.3 is 0 Å². The van der Waals surface area contributed by atoms with Crippen LogP contribution in [0.5, 0.6) is 0 Å². The number of nitrogens with zero attached hydrogens (tertiary/aromatic N) is 5. The highest BCUT2D eigenvalue weighted by atomic mass is 15.0. The first-order valence-electron chi connectivity index (χ1n) is 9.01. The maximum Gasteiger partial charge on any atom is 0.164 e. The first-order valence-corrected chi connectivity index (χ1v) is 9.01. The van der Waals surface area contributed by atoms with Gasteiger partial charge in [0, 0.05) is 16.7 Å². The first-order chi connectivity index (χ1) is 14.2. The van der Waals surface area contributed by atoms with E-state index in [0.717, 1.165) is 11.1 Å². The predicted molar refractivity (Wildman–Crippen MR) is 110 cm³/mol. The second-order valence-electron chi connectivity index (χ2n) is 6.46. The molecule has 4 rings (SSSR count). The lowest BCUT2D eigenvalue weighted by atomic mass is 9.99. The Hall–Kier alpha value is -4.35. The van der Waals surface area contributed by atoms with Crippen molar-refractivity contribution in [1.82, 2.24) is 15.0 Å². The van der Waals surface area contributed by atoms with E-state index in [1.165, 1.54) is 0 Å². The van der Waals surface area contributed by atoms with E-state index >= 15 is 0 Å². The zero-order valence-corrected chi connectivity index (χ0v) is 15.7. The molecule has 0 aliphatic carbocycles. The van der Waals surface area contributed by atoms with Crippen LogP contribution in [0.25, 0.3) is 34.2 Å². The van der Waals surface area contributed by atoms with E-state index in [2.05, 4.69) is 27.1 Å². The molecule has 0 radical (unpaired) electrons. The highest BCUT2D eigenvalue weighted by Crippen LogP contribution is 2.27. The van der Waals surface area contributed by atoms with Gasteiger partial charge in [-0.25, -0.2) is 15.0 Å². The second-order valence-corrected chi connectivity index (χ2v) is 6.46. The third-order valence-corrected chi connectivity index (χ3v) is 4.61. The Morgan fingerprint density at radius 1 is 0.586 bits per heavy atom. The van der Waals surface area contributed by atoms with Crippen LogP contribution < -0.4 is 0 Å². The van der Waals surface area contributed by atoms with Gasteiger partial charge in [0.05, 0.1) is 23.3 Å². The van der Waals surface area contributed by atoms with Crippen molar-refractivity contribution in [1.29, 1.82) is 10.5 Å². The predicted octanol–water partition coefficient (Wildman–Crippen LogP) is 4.92. The minimum Gasteiger partial charge on any atom is -0.208 e. The van der Waals surface area contributed by atoms with Crippen molar-refractivity contribution in [3.63, 3.8) is 0 Å². The quantitative estimate of drug-likeness (QED) is 0.508. The first kappa shape index (κ1) is 18.0. The molecule has 0 spiro atoms. The van der Waals surface area contributed by atoms with Crippen LogP contribution in [0.4, 0.5) is 0 Å². The van der Waals surface area contributed by atoms with Gasteiger partial charge in [0.2, 0.25) is 0 Å². The molecule has 0 unspecified atom stereocenters. The lowest BCUT2D eigenvalue weighted by molar-refractivity contribution is 1.07. The van der Waals surface area contributed by atoms with E-state index in [4.69, 9.17) is 0 Å². The van der Waals surface area contributed by atoms with E-state index in [1.807, 2.05) is 60.7 Å². The highest BCUT2D eigenvalue weighted by Gasteiger charge is 2.15. The van der Waals surface area contributed by atoms with Gasteiger partial charge in [-0.1, -0.05) is 60.7 Å². The summed E-state index contributed by atoms with van der Waals surface area (Å²) < 4.78 is 0. The molecule has 3 aromatic carbocycles. The van der Waals surface area contributed by atoms with Crippen molar-refractivity contribution in [2.75, 3.05) is 0 Å². The summed E-state index contributed by atoms with van der Waals surface area (Å²) in [5, 5.41) is 18.9. The number of benzene rings is 3. The molecule has 4 aromatic rings. The fourth-order valence-corrected chi connectivity index (χ4v) is 3.01. The van der Waals surface area contributed by atoms with Crippen LogP contribution in [-0.4, -0.2) is 15.0 Å². The van der Waals surface area contributed by atoms with E-state index < -0.39 is 0 Å². The number of aromatic nitrogens is 3. The maximum absolute atomic E-state index is 9.46. The van der Waals surface area contributed by atoms with Crippen molar-refractivity contribution < 1.29 is 0 Å². The van der Waals surface area contributed by atoms with Gasteiger partial charge in [0.15, 0.2) is 17.5 Å². The van der Waals surface area contributed by atoms with Gasteiger partial charge in [-0.2, -0.15) is 10.5 Å². The smallest absolute Gasteiger partial charge is 0.164 e. The number of hydrogen-bond donors (Lipinski definition) is 0. The van der Waals surface area contributed by atoms with Crippen LogP contribution in [-0.2, 0) is 0 Å². The molecule has 1 heterocycles. The van der Waals surface area contributed by atoms with Gasteiger partial charge in [-0.15, -0.1) is 0 Å². The van der Waals surface area contributed by atoms with Crippen LogP contribution in [0.1, 0.15) is 16.7 Å². The van der Waals surface area contributed by atoms with Crippen LogP contribution in [0.3, 0.4) is 0 Å². The summed E-state index contributed by atoms with van der Waals surface area (Å²) >= 11 is 0. The Bertz CT molecular complexity index is 1170. The fourth-order valence-electron chi connectivity index (χ4n) is 3.01. The molecular weight excluding hydrogens is 358 g/mol. The lowest BCUT2D eigenvalue weighted by Gasteiger charge is -2.10. The van der Waals surface area contributed by atoms with Gasteiger partial charge in [0.1, 0.15) is 0 Å². The number of hydrogen-bond acceptors (Lipinski definition) is 5.